The lowest BCUT2D eigenvalue weighted by Gasteiger charge is -2.09. The molecular weight excluding hydrogens is 244 g/mol. The fourth-order valence-corrected chi connectivity index (χ4v) is 3.23. The Labute approximate surface area is 105 Å². The van der Waals surface area contributed by atoms with Crippen LogP contribution in [0.25, 0.3) is 0 Å². The Balaban J connectivity index is 2.19. The van der Waals surface area contributed by atoms with Crippen LogP contribution in [0.15, 0.2) is 0 Å². The van der Waals surface area contributed by atoms with Gasteiger partial charge in [0.15, 0.2) is 0 Å². The van der Waals surface area contributed by atoms with Crippen LogP contribution in [0.2, 0.25) is 0 Å². The highest BCUT2D eigenvalue weighted by Gasteiger charge is 2.35. The second kappa shape index (κ2) is 5.32. The average molecular weight is 262 g/mol. The zero-order chi connectivity index (χ0) is 11.5. The molecule has 0 radical (unpaired) electrons. The van der Waals surface area contributed by atoms with Gasteiger partial charge in [0.05, 0.1) is 24.2 Å². The molecule has 0 aromatic heterocycles. The van der Waals surface area contributed by atoms with E-state index in [-0.39, 0.29) is 0 Å². The first-order valence-electron chi connectivity index (χ1n) is 5.65. The summed E-state index contributed by atoms with van der Waals surface area (Å²) < 4.78 is 4.56. The number of hydrogen-bond donors (Lipinski definition) is 3. The van der Waals surface area contributed by atoms with Gasteiger partial charge in [-0.25, -0.2) is 4.67 Å². The molecule has 2 saturated heterocycles. The van der Waals surface area contributed by atoms with Crippen molar-refractivity contribution in [3.8, 4) is 0 Å². The lowest BCUT2D eigenvalue weighted by atomic mass is 9.99. The Morgan fingerprint density at radius 2 is 2.38 bits per heavy atom. The van der Waals surface area contributed by atoms with E-state index in [9.17, 15) is 0 Å². The predicted molar refractivity (Wildman–Crippen MR) is 71.8 cm³/mol. The third-order valence-electron chi connectivity index (χ3n) is 3.05. The third-order valence-corrected chi connectivity index (χ3v) is 4.16. The van der Waals surface area contributed by atoms with Crippen LogP contribution in [-0.2, 0) is 0 Å². The smallest absolute Gasteiger partial charge is 0.311 e. The molecule has 3 atom stereocenters. The van der Waals surface area contributed by atoms with Crippen LogP contribution in [-0.4, -0.2) is 35.4 Å². The molecule has 6 heteroatoms. The predicted octanol–water partition coefficient (Wildman–Crippen LogP) is 0.274. The van der Waals surface area contributed by atoms with Crippen LogP contribution in [0.1, 0.15) is 20.3 Å². The van der Waals surface area contributed by atoms with Gasteiger partial charge in [-0.3, -0.25) is 5.32 Å². The van der Waals surface area contributed by atoms with Crippen LogP contribution < -0.4 is 20.1 Å². The van der Waals surface area contributed by atoms with Crippen molar-refractivity contribution in [2.75, 3.05) is 12.3 Å². The molecule has 0 aromatic carbocycles. The molecular formula is C10H18ClN4S+. The number of halogens is 1. The van der Waals surface area contributed by atoms with Gasteiger partial charge in [-0.05, 0) is 32.0 Å². The number of nitrogens with one attached hydrogen (secondary N) is 3. The first kappa shape index (κ1) is 12.1. The summed E-state index contributed by atoms with van der Waals surface area (Å²) >= 11 is 7.53. The van der Waals surface area contributed by atoms with Gasteiger partial charge in [-0.15, -0.1) is 0 Å². The Hall–Kier alpha value is -0.350. The zero-order valence-corrected chi connectivity index (χ0v) is 11.2. The molecule has 90 valence electrons. The molecule has 0 amide bonds. The van der Waals surface area contributed by atoms with Crippen molar-refractivity contribution in [3.63, 3.8) is 0 Å². The number of hydrogen-bond acceptors (Lipinski definition) is 2. The Bertz CT molecular complexity index is 319. The maximum atomic E-state index is 5.78. The zero-order valence-electron chi connectivity index (χ0n) is 9.59. The lowest BCUT2D eigenvalue weighted by Crippen LogP contribution is -2.36. The SMILES string of the molecule is CC1CC(C(=[N+]=C2NCCS2)NCl)C(C)N1. The molecule has 2 aliphatic rings. The minimum absolute atomic E-state index is 0.378. The molecule has 3 N–H and O–H groups in total. The van der Waals surface area contributed by atoms with E-state index in [1.807, 2.05) is 0 Å². The molecule has 0 aliphatic carbocycles. The first-order chi connectivity index (χ1) is 7.70. The minimum Gasteiger partial charge on any atom is -0.311 e. The van der Waals surface area contributed by atoms with Crippen LogP contribution >= 0.6 is 23.5 Å². The molecule has 2 rings (SSSR count). The lowest BCUT2D eigenvalue weighted by molar-refractivity contribution is 0.570. The van der Waals surface area contributed by atoms with Crippen LogP contribution in [0.3, 0.4) is 0 Å². The van der Waals surface area contributed by atoms with E-state index in [2.05, 4.69) is 34.0 Å². The van der Waals surface area contributed by atoms with Gasteiger partial charge in [-0.1, -0.05) is 0 Å². The van der Waals surface area contributed by atoms with Crippen molar-refractivity contribution in [1.82, 2.24) is 20.1 Å². The molecule has 3 unspecified atom stereocenters. The topological polar surface area (TPSA) is 50.2 Å². The summed E-state index contributed by atoms with van der Waals surface area (Å²) in [4.78, 5) is 2.73. The van der Waals surface area contributed by atoms with Crippen molar-refractivity contribution in [2.45, 2.75) is 32.4 Å². The number of rotatable bonds is 1. The monoisotopic (exact) mass is 261 g/mol. The largest absolute Gasteiger partial charge is 0.345 e. The molecule has 0 spiro atoms. The van der Waals surface area contributed by atoms with E-state index in [0.717, 1.165) is 29.7 Å². The molecule has 2 heterocycles. The summed E-state index contributed by atoms with van der Waals surface area (Å²) in [6.07, 6.45) is 1.08. The van der Waals surface area contributed by atoms with E-state index >= 15 is 0 Å². The first-order valence-corrected chi connectivity index (χ1v) is 7.02. The summed E-state index contributed by atoms with van der Waals surface area (Å²) in [5, 5.41) is 7.72. The Kier molecular flexibility index (Phi) is 4.03. The summed E-state index contributed by atoms with van der Waals surface area (Å²) in [5.74, 6) is 2.34. The normalized spacial score (nSPS) is 33.4. The summed E-state index contributed by atoms with van der Waals surface area (Å²) in [7, 11) is 0. The maximum absolute atomic E-state index is 5.78. The Morgan fingerprint density at radius 3 is 2.88 bits per heavy atom. The standard InChI is InChI=1S/C10H17ClN4S/c1-6-5-8(7(2)13-6)9(15-11)14-10-12-3-4-16-10/h6-8,13H,3-5H2,1-2H3,(H,12,14,15)/p+1. The molecule has 16 heavy (non-hydrogen) atoms. The second-order valence-electron chi connectivity index (χ2n) is 4.37. The quantitative estimate of drug-likeness (QED) is 0.275. The van der Waals surface area contributed by atoms with Gasteiger partial charge < -0.3 is 5.32 Å². The highest BCUT2D eigenvalue weighted by molar-refractivity contribution is 8.14. The van der Waals surface area contributed by atoms with Gasteiger partial charge >= 0.3 is 11.0 Å². The molecule has 4 nitrogen and oxygen atoms in total. The van der Waals surface area contributed by atoms with Crippen molar-refractivity contribution in [1.29, 1.82) is 0 Å². The van der Waals surface area contributed by atoms with Gasteiger partial charge in [-0.2, -0.15) is 4.84 Å². The van der Waals surface area contributed by atoms with Crippen LogP contribution in [0, 0.1) is 5.92 Å². The summed E-state index contributed by atoms with van der Waals surface area (Å²) in [5.41, 5.74) is 0. The third kappa shape index (κ3) is 2.66. The van der Waals surface area contributed by atoms with Gasteiger partial charge in [0, 0.05) is 17.8 Å². The maximum Gasteiger partial charge on any atom is 0.345 e. The van der Waals surface area contributed by atoms with Crippen molar-refractivity contribution >= 4 is 34.5 Å². The van der Waals surface area contributed by atoms with Crippen LogP contribution in [0.5, 0.6) is 0 Å². The highest BCUT2D eigenvalue weighted by Crippen LogP contribution is 2.20. The molecule has 2 fully saturated rings. The van der Waals surface area contributed by atoms with Crippen molar-refractivity contribution in [2.24, 2.45) is 5.92 Å². The Morgan fingerprint density at radius 1 is 1.56 bits per heavy atom. The van der Waals surface area contributed by atoms with E-state index in [4.69, 9.17) is 11.8 Å². The fraction of sp³-hybridized carbons (Fsp3) is 0.800. The highest BCUT2D eigenvalue weighted by atomic mass is 35.5. The van der Waals surface area contributed by atoms with Crippen molar-refractivity contribution < 1.29 is 0 Å². The van der Waals surface area contributed by atoms with E-state index in [1.165, 1.54) is 0 Å². The second-order valence-corrected chi connectivity index (χ2v) is 5.64. The molecule has 0 bridgehead atoms. The van der Waals surface area contributed by atoms with Gasteiger partial charge in [0.25, 0.3) is 0 Å². The van der Waals surface area contributed by atoms with Crippen molar-refractivity contribution in [3.05, 3.63) is 0 Å². The summed E-state index contributed by atoms with van der Waals surface area (Å²) in [6.45, 7) is 5.36. The molecule has 0 aromatic rings. The van der Waals surface area contributed by atoms with E-state index in [1.54, 1.807) is 11.8 Å². The summed E-state index contributed by atoms with van der Waals surface area (Å²) in [6, 6.07) is 0.955. The van der Waals surface area contributed by atoms with E-state index < -0.39 is 0 Å². The minimum atomic E-state index is 0.378. The fourth-order valence-electron chi connectivity index (χ4n) is 2.28. The van der Waals surface area contributed by atoms with Gasteiger partial charge in [0.1, 0.15) is 0 Å². The van der Waals surface area contributed by atoms with Gasteiger partial charge in [0.2, 0.25) is 0 Å². The molecule has 2 aliphatic heterocycles. The van der Waals surface area contributed by atoms with E-state index in [0.29, 0.717) is 18.0 Å². The number of amidine groups is 2. The average Bonchev–Trinajstić information content (AvgIpc) is 2.85. The number of nitrogens with zero attached hydrogens (tertiary/aromatic N) is 1. The van der Waals surface area contributed by atoms with Crippen LogP contribution in [0.4, 0.5) is 0 Å². The number of thioether (sulfide) groups is 1. The molecule has 0 saturated carbocycles.